The molecule has 1 aromatic carbocycles. The van der Waals surface area contributed by atoms with Crippen LogP contribution in [0.3, 0.4) is 0 Å². The van der Waals surface area contributed by atoms with Gasteiger partial charge in [0.1, 0.15) is 0 Å². The van der Waals surface area contributed by atoms with Crippen LogP contribution in [0.25, 0.3) is 0 Å². The maximum atomic E-state index is 15.0. The minimum atomic E-state index is -1.34. The third kappa shape index (κ3) is 2.11. The number of piperazine rings is 1. The van der Waals surface area contributed by atoms with Crippen molar-refractivity contribution < 1.29 is 4.39 Å². The summed E-state index contributed by atoms with van der Waals surface area (Å²) < 4.78 is 15.0. The van der Waals surface area contributed by atoms with Crippen LogP contribution in [0, 0.1) is 0 Å². The largest absolute Gasteiger partial charge is 0.311 e. The summed E-state index contributed by atoms with van der Waals surface area (Å²) in [4.78, 5) is 1.94. The Balaban J connectivity index is 2.26. The molecule has 0 saturated carbocycles. The maximum absolute atomic E-state index is 15.0. The van der Waals surface area contributed by atoms with Crippen LogP contribution in [-0.4, -0.2) is 31.1 Å². The maximum Gasteiger partial charge on any atom is 0.202 e. The summed E-state index contributed by atoms with van der Waals surface area (Å²) in [5.41, 5.74) is 0.760. The van der Waals surface area contributed by atoms with E-state index in [2.05, 4.69) is 12.2 Å². The molecule has 0 bridgehead atoms. The number of nitrogens with zero attached hydrogens (tertiary/aromatic N) is 1. The Labute approximate surface area is 96.5 Å². The summed E-state index contributed by atoms with van der Waals surface area (Å²) in [5, 5.41) is 3.15. The third-order valence-corrected chi connectivity index (χ3v) is 3.13. The second-order valence-electron chi connectivity index (χ2n) is 4.29. The Kier molecular flexibility index (Phi) is 3.56. The van der Waals surface area contributed by atoms with Gasteiger partial charge in [0.25, 0.3) is 0 Å². The van der Waals surface area contributed by atoms with E-state index < -0.39 is 5.79 Å². The molecule has 1 fully saturated rings. The zero-order valence-electron chi connectivity index (χ0n) is 9.75. The van der Waals surface area contributed by atoms with E-state index >= 15 is 4.39 Å². The first-order valence-electron chi connectivity index (χ1n) is 5.97. The summed E-state index contributed by atoms with van der Waals surface area (Å²) >= 11 is 0. The topological polar surface area (TPSA) is 15.3 Å². The molecule has 0 radical (unpaired) electrons. The molecular weight excluding hydrogens is 203 g/mol. The van der Waals surface area contributed by atoms with Gasteiger partial charge in [-0.3, -0.25) is 4.90 Å². The van der Waals surface area contributed by atoms with Gasteiger partial charge >= 0.3 is 0 Å². The highest BCUT2D eigenvalue weighted by molar-refractivity contribution is 5.23. The van der Waals surface area contributed by atoms with Gasteiger partial charge in [-0.25, -0.2) is 4.39 Å². The molecule has 1 aliphatic rings. The van der Waals surface area contributed by atoms with E-state index in [0.717, 1.165) is 31.6 Å². The highest BCUT2D eigenvalue weighted by Gasteiger charge is 2.39. The lowest BCUT2D eigenvalue weighted by atomic mass is 10.0. The van der Waals surface area contributed by atoms with Crippen molar-refractivity contribution in [2.45, 2.75) is 19.1 Å². The Morgan fingerprint density at radius 1 is 1.38 bits per heavy atom. The molecule has 16 heavy (non-hydrogen) atoms. The Morgan fingerprint density at radius 3 is 2.81 bits per heavy atom. The molecular formula is C13H19FN2. The molecule has 88 valence electrons. The first-order valence-corrected chi connectivity index (χ1v) is 5.97. The molecule has 1 heterocycles. The minimum Gasteiger partial charge on any atom is -0.311 e. The number of rotatable bonds is 3. The first kappa shape index (κ1) is 11.6. The van der Waals surface area contributed by atoms with Gasteiger partial charge in [-0.1, -0.05) is 37.3 Å². The summed E-state index contributed by atoms with van der Waals surface area (Å²) in [7, 11) is 0. The van der Waals surface area contributed by atoms with Crippen LogP contribution in [0.15, 0.2) is 30.3 Å². The molecule has 1 unspecified atom stereocenters. The van der Waals surface area contributed by atoms with Gasteiger partial charge in [0, 0.05) is 31.7 Å². The molecule has 1 N–H and O–H groups in total. The van der Waals surface area contributed by atoms with Crippen molar-refractivity contribution in [1.82, 2.24) is 10.2 Å². The Hall–Kier alpha value is -0.930. The molecule has 0 amide bonds. The predicted octanol–water partition coefficient (Wildman–Crippen LogP) is 2.12. The van der Waals surface area contributed by atoms with Crippen LogP contribution in [0.5, 0.6) is 0 Å². The SMILES string of the molecule is CCCN1CCNCC1(F)c1ccccc1. The van der Waals surface area contributed by atoms with Crippen molar-refractivity contribution >= 4 is 0 Å². The van der Waals surface area contributed by atoms with Gasteiger partial charge in [0.2, 0.25) is 5.79 Å². The highest BCUT2D eigenvalue weighted by atomic mass is 19.1. The number of hydrogen-bond acceptors (Lipinski definition) is 2. The number of nitrogens with one attached hydrogen (secondary N) is 1. The normalized spacial score (nSPS) is 26.9. The van der Waals surface area contributed by atoms with E-state index in [4.69, 9.17) is 0 Å². The van der Waals surface area contributed by atoms with Crippen LogP contribution >= 0.6 is 0 Å². The lowest BCUT2D eigenvalue weighted by molar-refractivity contribution is -0.0577. The Morgan fingerprint density at radius 2 is 2.12 bits per heavy atom. The predicted molar refractivity (Wildman–Crippen MR) is 64.0 cm³/mol. The second kappa shape index (κ2) is 4.93. The number of benzene rings is 1. The monoisotopic (exact) mass is 222 g/mol. The molecule has 1 saturated heterocycles. The van der Waals surface area contributed by atoms with E-state index in [9.17, 15) is 0 Å². The first-order chi connectivity index (χ1) is 7.77. The van der Waals surface area contributed by atoms with E-state index in [0.29, 0.717) is 6.54 Å². The van der Waals surface area contributed by atoms with Crippen molar-refractivity contribution in [3.8, 4) is 0 Å². The Bertz CT molecular complexity index is 326. The van der Waals surface area contributed by atoms with Gasteiger partial charge < -0.3 is 5.32 Å². The van der Waals surface area contributed by atoms with Gasteiger partial charge in [-0.15, -0.1) is 0 Å². The molecule has 2 rings (SSSR count). The molecule has 1 aromatic rings. The zero-order valence-corrected chi connectivity index (χ0v) is 9.75. The van der Waals surface area contributed by atoms with Crippen molar-refractivity contribution in [3.63, 3.8) is 0 Å². The van der Waals surface area contributed by atoms with Gasteiger partial charge in [-0.2, -0.15) is 0 Å². The van der Waals surface area contributed by atoms with Crippen molar-refractivity contribution in [2.24, 2.45) is 0 Å². The fraction of sp³-hybridized carbons (Fsp3) is 0.538. The average molecular weight is 222 g/mol. The third-order valence-electron chi connectivity index (χ3n) is 3.13. The second-order valence-corrected chi connectivity index (χ2v) is 4.29. The average Bonchev–Trinajstić information content (AvgIpc) is 2.34. The molecule has 2 nitrogen and oxygen atoms in total. The summed E-state index contributed by atoms with van der Waals surface area (Å²) in [6.07, 6.45) is 0.985. The lowest BCUT2D eigenvalue weighted by Crippen LogP contribution is -2.56. The zero-order chi connectivity index (χ0) is 11.4. The molecule has 1 atom stereocenters. The number of alkyl halides is 1. The summed E-state index contributed by atoms with van der Waals surface area (Å²) in [6.45, 7) is 4.94. The van der Waals surface area contributed by atoms with Crippen molar-refractivity contribution in [1.29, 1.82) is 0 Å². The molecule has 0 aliphatic carbocycles. The molecule has 0 aromatic heterocycles. The lowest BCUT2D eigenvalue weighted by Gasteiger charge is -2.41. The van der Waals surface area contributed by atoms with E-state index in [1.54, 1.807) is 0 Å². The van der Waals surface area contributed by atoms with Crippen LogP contribution in [0.1, 0.15) is 18.9 Å². The highest BCUT2D eigenvalue weighted by Crippen LogP contribution is 2.31. The molecule has 3 heteroatoms. The van der Waals surface area contributed by atoms with E-state index in [1.165, 1.54) is 0 Å². The number of hydrogen-bond donors (Lipinski definition) is 1. The summed E-state index contributed by atoms with van der Waals surface area (Å²) in [5.74, 6) is -1.34. The van der Waals surface area contributed by atoms with Gasteiger partial charge in [0.15, 0.2) is 0 Å². The van der Waals surface area contributed by atoms with Crippen LogP contribution < -0.4 is 5.32 Å². The summed E-state index contributed by atoms with van der Waals surface area (Å²) in [6, 6.07) is 9.46. The molecule has 0 spiro atoms. The van der Waals surface area contributed by atoms with Gasteiger partial charge in [-0.05, 0) is 6.42 Å². The van der Waals surface area contributed by atoms with Crippen molar-refractivity contribution in [2.75, 3.05) is 26.2 Å². The van der Waals surface area contributed by atoms with Crippen molar-refractivity contribution in [3.05, 3.63) is 35.9 Å². The van der Waals surface area contributed by atoms with Crippen LogP contribution in [0.4, 0.5) is 4.39 Å². The standard InChI is InChI=1S/C13H19FN2/c1-2-9-16-10-8-15-11-13(16,14)12-6-4-3-5-7-12/h3-7,15H,2,8-11H2,1H3. The van der Waals surface area contributed by atoms with Crippen LogP contribution in [0.2, 0.25) is 0 Å². The quantitative estimate of drug-likeness (QED) is 0.788. The minimum absolute atomic E-state index is 0.386. The fourth-order valence-corrected chi connectivity index (χ4v) is 2.29. The van der Waals surface area contributed by atoms with Gasteiger partial charge in [0.05, 0.1) is 0 Å². The van der Waals surface area contributed by atoms with E-state index in [-0.39, 0.29) is 0 Å². The van der Waals surface area contributed by atoms with E-state index in [1.807, 2.05) is 35.2 Å². The smallest absolute Gasteiger partial charge is 0.202 e. The fourth-order valence-electron chi connectivity index (χ4n) is 2.29. The van der Waals surface area contributed by atoms with Crippen LogP contribution in [-0.2, 0) is 5.79 Å². The molecule has 1 aliphatic heterocycles. The number of halogens is 1.